The molecule has 0 bridgehead atoms. The van der Waals surface area contributed by atoms with Crippen LogP contribution in [0.1, 0.15) is 5.56 Å². The van der Waals surface area contributed by atoms with Gasteiger partial charge in [-0.1, -0.05) is 29.3 Å². The smallest absolute Gasteiger partial charge is 0.344 e. The fourth-order valence-electron chi connectivity index (χ4n) is 1.74. The molecule has 0 aliphatic rings. The number of phenols is 1. The number of hydrogen-bond donors (Lipinski definition) is 1. The first-order chi connectivity index (χ1) is 11.4. The van der Waals surface area contributed by atoms with Crippen LogP contribution in [0.4, 0.5) is 5.69 Å². The summed E-state index contributed by atoms with van der Waals surface area (Å²) in [4.78, 5) is 21.6. The van der Waals surface area contributed by atoms with Crippen molar-refractivity contribution in [1.29, 1.82) is 0 Å². The van der Waals surface area contributed by atoms with E-state index in [0.717, 1.165) is 12.1 Å². The summed E-state index contributed by atoms with van der Waals surface area (Å²) in [6.45, 7) is -0.584. The van der Waals surface area contributed by atoms with Crippen molar-refractivity contribution in [3.63, 3.8) is 0 Å². The summed E-state index contributed by atoms with van der Waals surface area (Å²) in [7, 11) is 0. The number of ether oxygens (including phenoxy) is 2. The molecule has 1 N–H and O–H groups in total. The molecule has 0 atom stereocenters. The number of aromatic hydroxyl groups is 1. The summed E-state index contributed by atoms with van der Waals surface area (Å²) in [6, 6.07) is 8.24. The molecule has 126 valence electrons. The molecule has 0 spiro atoms. The molecule has 0 amide bonds. The summed E-state index contributed by atoms with van der Waals surface area (Å²) in [5.41, 5.74) is -0.106. The van der Waals surface area contributed by atoms with Gasteiger partial charge in [0.2, 0.25) is 0 Å². The SMILES string of the molecule is O=C(COc1ccc(Cl)cc1Cl)OCc1ccc(O)c([N+](=O)[O-])c1. The lowest BCUT2D eigenvalue weighted by Crippen LogP contribution is -2.15. The summed E-state index contributed by atoms with van der Waals surface area (Å²) < 4.78 is 10.2. The highest BCUT2D eigenvalue weighted by atomic mass is 35.5. The van der Waals surface area contributed by atoms with Crippen molar-refractivity contribution in [3.8, 4) is 11.5 Å². The van der Waals surface area contributed by atoms with Crippen LogP contribution >= 0.6 is 23.2 Å². The molecule has 9 heteroatoms. The second-order valence-electron chi connectivity index (χ2n) is 4.60. The second kappa shape index (κ2) is 7.85. The molecule has 24 heavy (non-hydrogen) atoms. The summed E-state index contributed by atoms with van der Waals surface area (Å²) in [6.07, 6.45) is 0. The van der Waals surface area contributed by atoms with Gasteiger partial charge < -0.3 is 14.6 Å². The monoisotopic (exact) mass is 371 g/mol. The normalized spacial score (nSPS) is 10.2. The molecule has 2 aromatic rings. The summed E-state index contributed by atoms with van der Waals surface area (Å²) in [5, 5.41) is 20.8. The first-order valence-electron chi connectivity index (χ1n) is 6.56. The average molecular weight is 372 g/mol. The van der Waals surface area contributed by atoms with Gasteiger partial charge in [0.1, 0.15) is 12.4 Å². The largest absolute Gasteiger partial charge is 0.502 e. The van der Waals surface area contributed by atoms with Crippen LogP contribution in [0.2, 0.25) is 10.0 Å². The molecule has 2 aromatic carbocycles. The maximum atomic E-state index is 11.7. The number of halogens is 2. The number of nitrogens with zero attached hydrogens (tertiary/aromatic N) is 1. The van der Waals surface area contributed by atoms with Crippen LogP contribution in [0.15, 0.2) is 36.4 Å². The molecule has 0 radical (unpaired) electrons. The van der Waals surface area contributed by atoms with Crippen molar-refractivity contribution in [1.82, 2.24) is 0 Å². The molecule has 0 fully saturated rings. The van der Waals surface area contributed by atoms with E-state index in [-0.39, 0.29) is 24.0 Å². The first kappa shape index (κ1) is 17.8. The van der Waals surface area contributed by atoms with Crippen LogP contribution in [0, 0.1) is 10.1 Å². The fourth-order valence-corrected chi connectivity index (χ4v) is 2.20. The fraction of sp³-hybridized carbons (Fsp3) is 0.133. The zero-order valence-corrected chi connectivity index (χ0v) is 13.6. The highest BCUT2D eigenvalue weighted by molar-refractivity contribution is 6.35. The molecular weight excluding hydrogens is 361 g/mol. The van der Waals surface area contributed by atoms with E-state index in [0.29, 0.717) is 10.6 Å². The highest BCUT2D eigenvalue weighted by Gasteiger charge is 2.14. The Morgan fingerprint density at radius 3 is 2.62 bits per heavy atom. The average Bonchev–Trinajstić information content (AvgIpc) is 2.53. The molecule has 0 aromatic heterocycles. The molecule has 0 saturated carbocycles. The van der Waals surface area contributed by atoms with Gasteiger partial charge in [0, 0.05) is 11.1 Å². The predicted octanol–water partition coefficient (Wildman–Crippen LogP) is 3.73. The number of nitro groups is 1. The van der Waals surface area contributed by atoms with E-state index in [2.05, 4.69) is 0 Å². The van der Waals surface area contributed by atoms with Crippen molar-refractivity contribution in [2.45, 2.75) is 6.61 Å². The van der Waals surface area contributed by atoms with Crippen LogP contribution in [-0.2, 0) is 16.1 Å². The van der Waals surface area contributed by atoms with Crippen molar-refractivity contribution >= 4 is 34.9 Å². The molecule has 0 saturated heterocycles. The Kier molecular flexibility index (Phi) is 5.83. The lowest BCUT2D eigenvalue weighted by molar-refractivity contribution is -0.385. The van der Waals surface area contributed by atoms with E-state index in [1.54, 1.807) is 6.07 Å². The van der Waals surface area contributed by atoms with Crippen molar-refractivity contribution < 1.29 is 24.3 Å². The van der Waals surface area contributed by atoms with Gasteiger partial charge in [0.25, 0.3) is 0 Å². The second-order valence-corrected chi connectivity index (χ2v) is 5.45. The van der Waals surface area contributed by atoms with Crippen molar-refractivity contribution in [3.05, 3.63) is 62.1 Å². The molecule has 2 rings (SSSR count). The molecular formula is C15H11Cl2NO6. The van der Waals surface area contributed by atoms with Crippen molar-refractivity contribution in [2.75, 3.05) is 6.61 Å². The van der Waals surface area contributed by atoms with Gasteiger partial charge in [-0.2, -0.15) is 0 Å². The Hall–Kier alpha value is -2.51. The Labute approximate surface area is 146 Å². The standard InChI is InChI=1S/C15H11Cl2NO6/c16-10-2-4-14(11(17)6-10)23-8-15(20)24-7-9-1-3-13(19)12(5-9)18(21)22/h1-6,19H,7-8H2. The van der Waals surface area contributed by atoms with Gasteiger partial charge in [-0.05, 0) is 29.8 Å². The highest BCUT2D eigenvalue weighted by Crippen LogP contribution is 2.28. The van der Waals surface area contributed by atoms with E-state index in [9.17, 15) is 20.0 Å². The number of carbonyl (C=O) groups excluding carboxylic acids is 1. The van der Waals surface area contributed by atoms with E-state index in [1.807, 2.05) is 0 Å². The van der Waals surface area contributed by atoms with Crippen LogP contribution in [0.5, 0.6) is 11.5 Å². The maximum Gasteiger partial charge on any atom is 0.344 e. The first-order valence-corrected chi connectivity index (χ1v) is 7.32. The number of phenolic OH excluding ortho intramolecular Hbond substituents is 1. The molecule has 0 aliphatic heterocycles. The van der Waals surface area contributed by atoms with Crippen molar-refractivity contribution in [2.24, 2.45) is 0 Å². The minimum absolute atomic E-state index is 0.197. The summed E-state index contributed by atoms with van der Waals surface area (Å²) in [5.74, 6) is -0.870. The molecule has 0 aliphatic carbocycles. The number of benzene rings is 2. The van der Waals surface area contributed by atoms with E-state index in [4.69, 9.17) is 32.7 Å². The minimum Gasteiger partial charge on any atom is -0.502 e. The third-order valence-electron chi connectivity index (χ3n) is 2.88. The maximum absolute atomic E-state index is 11.7. The zero-order chi connectivity index (χ0) is 17.7. The van der Waals surface area contributed by atoms with Crippen LogP contribution in [0.25, 0.3) is 0 Å². The van der Waals surface area contributed by atoms with Gasteiger partial charge in [0.15, 0.2) is 12.4 Å². The van der Waals surface area contributed by atoms with Gasteiger partial charge in [-0.15, -0.1) is 0 Å². The van der Waals surface area contributed by atoms with E-state index < -0.39 is 22.3 Å². The zero-order valence-electron chi connectivity index (χ0n) is 12.1. The lowest BCUT2D eigenvalue weighted by atomic mass is 10.2. The molecule has 7 nitrogen and oxygen atoms in total. The Balaban J connectivity index is 1.89. The number of esters is 1. The number of nitro benzene ring substituents is 1. The molecule has 0 unspecified atom stereocenters. The Morgan fingerprint density at radius 1 is 1.21 bits per heavy atom. The van der Waals surface area contributed by atoms with Gasteiger partial charge in [-0.3, -0.25) is 10.1 Å². The van der Waals surface area contributed by atoms with Gasteiger partial charge in [0.05, 0.1) is 9.95 Å². The third-order valence-corrected chi connectivity index (χ3v) is 3.41. The van der Waals surface area contributed by atoms with Gasteiger partial charge >= 0.3 is 11.7 Å². The van der Waals surface area contributed by atoms with Crippen LogP contribution in [0.3, 0.4) is 0 Å². The van der Waals surface area contributed by atoms with Gasteiger partial charge in [-0.25, -0.2) is 4.79 Å². The number of hydrogen-bond acceptors (Lipinski definition) is 6. The van der Waals surface area contributed by atoms with E-state index in [1.165, 1.54) is 18.2 Å². The predicted molar refractivity (Wildman–Crippen MR) is 86.5 cm³/mol. The topological polar surface area (TPSA) is 98.9 Å². The van der Waals surface area contributed by atoms with E-state index >= 15 is 0 Å². The minimum atomic E-state index is -0.730. The summed E-state index contributed by atoms with van der Waals surface area (Å²) >= 11 is 11.6. The molecule has 0 heterocycles. The van der Waals surface area contributed by atoms with Crippen LogP contribution < -0.4 is 4.74 Å². The quantitative estimate of drug-likeness (QED) is 0.471. The lowest BCUT2D eigenvalue weighted by Gasteiger charge is -2.09. The Bertz CT molecular complexity index is 781. The third kappa shape index (κ3) is 4.74. The van der Waals surface area contributed by atoms with Crippen LogP contribution in [-0.4, -0.2) is 22.6 Å². The number of rotatable bonds is 6. The Morgan fingerprint density at radius 2 is 1.96 bits per heavy atom. The number of carbonyl (C=O) groups is 1.